The van der Waals surface area contributed by atoms with Gasteiger partial charge in [-0.3, -0.25) is 19.2 Å². The van der Waals surface area contributed by atoms with Crippen molar-refractivity contribution >= 4 is 53.3 Å². The average molecular weight is 777 g/mol. The van der Waals surface area contributed by atoms with Crippen molar-refractivity contribution in [3.63, 3.8) is 0 Å². The van der Waals surface area contributed by atoms with Gasteiger partial charge in [-0.15, -0.1) is 12.4 Å². The highest BCUT2D eigenvalue weighted by molar-refractivity contribution is 6.05. The van der Waals surface area contributed by atoms with Crippen LogP contribution in [0, 0.1) is 10.8 Å². The Kier molecular flexibility index (Phi) is 11.8. The van der Waals surface area contributed by atoms with E-state index in [4.69, 9.17) is 4.74 Å². The van der Waals surface area contributed by atoms with Crippen LogP contribution in [-0.2, 0) is 40.0 Å². The molecule has 2 fully saturated rings. The molecular weight excluding hydrogens is 728 g/mol. The number of benzene rings is 4. The second-order valence-electron chi connectivity index (χ2n) is 16.3. The van der Waals surface area contributed by atoms with Crippen LogP contribution >= 0.6 is 12.4 Å². The van der Waals surface area contributed by atoms with Crippen LogP contribution in [0.15, 0.2) is 97.1 Å². The Balaban J connectivity index is 0.000000192. The molecule has 0 spiro atoms. The van der Waals surface area contributed by atoms with Gasteiger partial charge in [0.15, 0.2) is 11.6 Å². The number of nitrogens with one attached hydrogen (secondary N) is 3. The van der Waals surface area contributed by atoms with Gasteiger partial charge in [-0.05, 0) is 112 Å². The van der Waals surface area contributed by atoms with Crippen LogP contribution in [0.3, 0.4) is 0 Å². The summed E-state index contributed by atoms with van der Waals surface area (Å²) >= 11 is 0. The van der Waals surface area contributed by atoms with E-state index < -0.39 is 16.4 Å². The molecule has 11 heteroatoms. The van der Waals surface area contributed by atoms with Gasteiger partial charge < -0.3 is 25.6 Å². The van der Waals surface area contributed by atoms with Gasteiger partial charge in [0, 0.05) is 42.1 Å². The summed E-state index contributed by atoms with van der Waals surface area (Å²) in [5.41, 5.74) is 5.17. The van der Waals surface area contributed by atoms with Crippen molar-refractivity contribution < 1.29 is 28.7 Å². The third-order valence-electron chi connectivity index (χ3n) is 11.0. The highest BCUT2D eigenvalue weighted by Crippen LogP contribution is 2.40. The van der Waals surface area contributed by atoms with E-state index in [1.807, 2.05) is 93.6 Å². The molecule has 10 nitrogen and oxygen atoms in total. The van der Waals surface area contributed by atoms with Crippen molar-refractivity contribution in [2.24, 2.45) is 10.8 Å². The Morgan fingerprint density at radius 2 is 1.20 bits per heavy atom. The van der Waals surface area contributed by atoms with E-state index in [9.17, 15) is 24.0 Å². The first-order valence-corrected chi connectivity index (χ1v) is 19.0. The van der Waals surface area contributed by atoms with Crippen molar-refractivity contribution in [3.05, 3.63) is 130 Å². The van der Waals surface area contributed by atoms with Crippen molar-refractivity contribution in [2.45, 2.75) is 64.9 Å². The van der Waals surface area contributed by atoms with Gasteiger partial charge in [0.1, 0.15) is 5.60 Å². The number of carbonyl (C=O) groups is 5. The highest BCUT2D eigenvalue weighted by Gasteiger charge is 2.47. The van der Waals surface area contributed by atoms with E-state index >= 15 is 0 Å². The number of hydrogen-bond donors (Lipinski definition) is 3. The van der Waals surface area contributed by atoms with Crippen LogP contribution in [0.5, 0.6) is 0 Å². The molecule has 4 aliphatic rings. The number of anilines is 2. The molecule has 3 amide bonds. The summed E-state index contributed by atoms with van der Waals surface area (Å²) in [6.07, 6.45) is 2.95. The fraction of sp³-hybridized carbons (Fsp3) is 0.356. The smallest absolute Gasteiger partial charge is 0.410 e. The van der Waals surface area contributed by atoms with Crippen molar-refractivity contribution in [2.75, 3.05) is 36.8 Å². The topological polar surface area (TPSA) is 134 Å². The molecule has 0 bridgehead atoms. The molecule has 0 saturated carbocycles. The van der Waals surface area contributed by atoms with E-state index in [1.165, 1.54) is 5.56 Å². The van der Waals surface area contributed by atoms with E-state index in [0.29, 0.717) is 50.0 Å². The number of halogens is 1. The molecule has 2 atom stereocenters. The van der Waals surface area contributed by atoms with Crippen LogP contribution in [0.25, 0.3) is 0 Å². The lowest BCUT2D eigenvalue weighted by Gasteiger charge is -2.29. The van der Waals surface area contributed by atoms with Gasteiger partial charge in [0.2, 0.25) is 11.8 Å². The van der Waals surface area contributed by atoms with Crippen LogP contribution in [0.2, 0.25) is 0 Å². The number of rotatable bonds is 8. The van der Waals surface area contributed by atoms with Gasteiger partial charge in [0.05, 0.1) is 23.7 Å². The first-order valence-electron chi connectivity index (χ1n) is 19.0. The van der Waals surface area contributed by atoms with Crippen molar-refractivity contribution in [3.8, 4) is 0 Å². The highest BCUT2D eigenvalue weighted by atomic mass is 35.5. The number of carbonyl (C=O) groups excluding carboxylic acids is 5. The van der Waals surface area contributed by atoms with Gasteiger partial charge in [0.25, 0.3) is 0 Å². The maximum Gasteiger partial charge on any atom is 0.410 e. The van der Waals surface area contributed by atoms with E-state index in [-0.39, 0.29) is 48.3 Å². The molecule has 4 heterocycles. The number of ketones is 2. The number of amides is 3. The Morgan fingerprint density at radius 3 is 1.68 bits per heavy atom. The minimum Gasteiger partial charge on any atom is -0.444 e. The molecule has 4 aromatic carbocycles. The second kappa shape index (κ2) is 16.4. The number of fused-ring (bicyclic) bond motifs is 2. The summed E-state index contributed by atoms with van der Waals surface area (Å²) in [5.74, 6) is 0.120. The molecule has 2 saturated heterocycles. The Bertz CT molecular complexity index is 2130. The predicted molar refractivity (Wildman–Crippen MR) is 219 cm³/mol. The molecule has 0 radical (unpaired) electrons. The fourth-order valence-corrected chi connectivity index (χ4v) is 8.26. The predicted octanol–water partition coefficient (Wildman–Crippen LogP) is 7.24. The Labute approximate surface area is 334 Å². The normalized spacial score (nSPS) is 20.8. The lowest BCUT2D eigenvalue weighted by Crippen LogP contribution is -2.40. The first-order chi connectivity index (χ1) is 26.3. The molecule has 0 aromatic heterocycles. The quantitative estimate of drug-likeness (QED) is 0.161. The molecule has 0 aliphatic carbocycles. The zero-order chi connectivity index (χ0) is 38.8. The second-order valence-corrected chi connectivity index (χ2v) is 16.3. The van der Waals surface area contributed by atoms with E-state index in [1.54, 1.807) is 17.0 Å². The molecular formula is C45H49ClN4O6. The van der Waals surface area contributed by atoms with Gasteiger partial charge in [-0.25, -0.2) is 4.79 Å². The zero-order valence-corrected chi connectivity index (χ0v) is 32.9. The van der Waals surface area contributed by atoms with Gasteiger partial charge in [-0.2, -0.15) is 0 Å². The third kappa shape index (κ3) is 8.87. The van der Waals surface area contributed by atoms with Gasteiger partial charge >= 0.3 is 6.09 Å². The minimum absolute atomic E-state index is 0. The molecule has 4 aliphatic heterocycles. The Morgan fingerprint density at radius 1 is 0.696 bits per heavy atom. The SMILES string of the molecule is CC(C)(C)OC(=O)N1CCC(Cc2ccccc2)(C(=O)c2ccc3c(c2)CC(=O)N3)C1.Cl.O=C1Cc2cc(C(=O)C3(Cc4ccccc4)CCNC3)ccc2N1. The Hall–Kier alpha value is -5.32. The lowest BCUT2D eigenvalue weighted by atomic mass is 9.74. The minimum atomic E-state index is -0.734. The van der Waals surface area contributed by atoms with Crippen LogP contribution in [-0.4, -0.2) is 66.2 Å². The lowest BCUT2D eigenvalue weighted by molar-refractivity contribution is -0.115. The molecule has 4 aromatic rings. The summed E-state index contributed by atoms with van der Waals surface area (Å²) in [4.78, 5) is 64.7. The van der Waals surface area contributed by atoms with E-state index in [2.05, 4.69) is 28.1 Å². The maximum absolute atomic E-state index is 13.8. The summed E-state index contributed by atoms with van der Waals surface area (Å²) in [6, 6.07) is 31.1. The standard InChI is InChI=1S/C25H28N2O4.C20H20N2O2.ClH/c1-24(2,3)31-23(30)27-12-11-25(16-27,15-17-7-5-4-6-8-17)22(29)18-9-10-20-19(13-18)14-21(28)26-20;23-18-11-16-10-15(6-7-17(16)22-18)19(24)20(8-9-21-13-20)12-14-4-2-1-3-5-14;/h4-10,13H,11-12,14-16H2,1-3H3,(H,26,28);1-7,10,21H,8-9,11-13H2,(H,22,23);1H. The van der Waals surface area contributed by atoms with Crippen molar-refractivity contribution in [1.29, 1.82) is 0 Å². The third-order valence-corrected chi connectivity index (χ3v) is 11.0. The number of likely N-dealkylation sites (tertiary alicyclic amines) is 1. The number of Topliss-reactive ketones (excluding diaryl/α,β-unsaturated/α-hetero) is 2. The number of nitrogens with zero attached hydrogens (tertiary/aromatic N) is 1. The number of ether oxygens (including phenoxy) is 1. The molecule has 8 rings (SSSR count). The first kappa shape index (κ1) is 40.3. The fourth-order valence-electron chi connectivity index (χ4n) is 8.26. The van der Waals surface area contributed by atoms with Crippen LogP contribution < -0.4 is 16.0 Å². The molecule has 56 heavy (non-hydrogen) atoms. The van der Waals surface area contributed by atoms with E-state index in [0.717, 1.165) is 47.5 Å². The summed E-state index contributed by atoms with van der Waals surface area (Å²) in [7, 11) is 0. The largest absolute Gasteiger partial charge is 0.444 e. The van der Waals surface area contributed by atoms with Gasteiger partial charge in [-0.1, -0.05) is 60.7 Å². The summed E-state index contributed by atoms with van der Waals surface area (Å²) in [6.45, 7) is 7.86. The van der Waals surface area contributed by atoms with Crippen LogP contribution in [0.1, 0.15) is 76.6 Å². The summed E-state index contributed by atoms with van der Waals surface area (Å²) < 4.78 is 5.55. The van der Waals surface area contributed by atoms with Crippen LogP contribution in [0.4, 0.5) is 16.2 Å². The molecule has 2 unspecified atom stereocenters. The number of hydrogen-bond acceptors (Lipinski definition) is 7. The monoisotopic (exact) mass is 776 g/mol. The maximum atomic E-state index is 13.8. The summed E-state index contributed by atoms with van der Waals surface area (Å²) in [5, 5.41) is 8.98. The molecule has 3 N–H and O–H groups in total. The molecule has 292 valence electrons. The zero-order valence-electron chi connectivity index (χ0n) is 32.1. The average Bonchev–Trinajstić information content (AvgIpc) is 3.97. The van der Waals surface area contributed by atoms with Crippen molar-refractivity contribution in [1.82, 2.24) is 10.2 Å².